The number of carbonyl (C=O) groups is 1. The third-order valence-electron chi connectivity index (χ3n) is 3.72. The quantitative estimate of drug-likeness (QED) is 0.560. The molecular weight excluding hydrogens is 419 g/mol. The van der Waals surface area contributed by atoms with E-state index in [0.717, 1.165) is 30.6 Å². The van der Waals surface area contributed by atoms with Crippen molar-refractivity contribution in [1.82, 2.24) is 10.6 Å². The van der Waals surface area contributed by atoms with Gasteiger partial charge in [0.25, 0.3) is 5.91 Å². The number of amides is 1. The predicted octanol–water partition coefficient (Wildman–Crippen LogP) is 5.04. The van der Waals surface area contributed by atoms with E-state index in [4.69, 9.17) is 27.9 Å². The van der Waals surface area contributed by atoms with E-state index in [1.165, 1.54) is 0 Å². The zero-order valence-corrected chi connectivity index (χ0v) is 18.7. The molecule has 0 unspecified atom stereocenters. The van der Waals surface area contributed by atoms with Gasteiger partial charge in [-0.2, -0.15) is 0 Å². The second kappa shape index (κ2) is 11.5. The molecule has 4 nitrogen and oxygen atoms in total. The molecule has 1 amide bonds. The number of nitrogens with one attached hydrogen (secondary N) is 2. The van der Waals surface area contributed by atoms with Crippen molar-refractivity contribution in [1.29, 1.82) is 0 Å². The summed E-state index contributed by atoms with van der Waals surface area (Å²) >= 11 is 12.1. The summed E-state index contributed by atoms with van der Waals surface area (Å²) in [6.45, 7) is 7.38. The van der Waals surface area contributed by atoms with Gasteiger partial charge in [0.15, 0.2) is 6.61 Å². The fraction of sp³-hybridized carbons (Fsp3) is 0.381. The minimum absolute atomic E-state index is 0. The highest BCUT2D eigenvalue weighted by atomic mass is 35.5. The lowest BCUT2D eigenvalue weighted by Gasteiger charge is -2.20. The largest absolute Gasteiger partial charge is 0.484 e. The molecule has 0 aliphatic rings. The Morgan fingerprint density at radius 1 is 1.07 bits per heavy atom. The van der Waals surface area contributed by atoms with Gasteiger partial charge in [-0.1, -0.05) is 41.4 Å². The summed E-state index contributed by atoms with van der Waals surface area (Å²) in [5.41, 5.74) is 1.96. The Morgan fingerprint density at radius 2 is 1.75 bits per heavy atom. The predicted molar refractivity (Wildman–Crippen MR) is 119 cm³/mol. The lowest BCUT2D eigenvalue weighted by atomic mass is 10.1. The zero-order valence-electron chi connectivity index (χ0n) is 16.4. The van der Waals surface area contributed by atoms with Crippen LogP contribution < -0.4 is 15.4 Å². The minimum Gasteiger partial charge on any atom is -0.484 e. The highest BCUT2D eigenvalue weighted by Crippen LogP contribution is 2.21. The Kier molecular flexibility index (Phi) is 10.1. The second-order valence-electron chi connectivity index (χ2n) is 7.39. The average molecular weight is 446 g/mol. The fourth-order valence-corrected chi connectivity index (χ4v) is 2.99. The summed E-state index contributed by atoms with van der Waals surface area (Å²) in [6.07, 6.45) is 0.833. The van der Waals surface area contributed by atoms with E-state index in [9.17, 15) is 4.79 Å². The van der Waals surface area contributed by atoms with E-state index in [1.54, 1.807) is 6.07 Å². The Balaban J connectivity index is 0.00000392. The van der Waals surface area contributed by atoms with Crippen LogP contribution >= 0.6 is 35.6 Å². The molecule has 0 radical (unpaired) electrons. The molecule has 0 heterocycles. The number of rotatable bonds is 8. The van der Waals surface area contributed by atoms with Crippen LogP contribution in [-0.2, 0) is 17.8 Å². The SMILES string of the molecule is CC(C)(C)NC(=O)COc1ccc(CNCCc2ccc(Cl)cc2Cl)cc1.Cl. The van der Waals surface area contributed by atoms with Crippen molar-refractivity contribution in [2.75, 3.05) is 13.2 Å². The van der Waals surface area contributed by atoms with E-state index in [2.05, 4.69) is 10.6 Å². The molecule has 0 fully saturated rings. The second-order valence-corrected chi connectivity index (χ2v) is 8.24. The van der Waals surface area contributed by atoms with E-state index in [0.29, 0.717) is 15.8 Å². The van der Waals surface area contributed by atoms with E-state index in [-0.39, 0.29) is 30.5 Å². The fourth-order valence-electron chi connectivity index (χ4n) is 2.49. The van der Waals surface area contributed by atoms with E-state index < -0.39 is 0 Å². The van der Waals surface area contributed by atoms with Crippen molar-refractivity contribution in [3.05, 3.63) is 63.6 Å². The summed E-state index contributed by atoms with van der Waals surface area (Å²) in [4.78, 5) is 11.8. The van der Waals surface area contributed by atoms with Gasteiger partial charge in [-0.05, 0) is 69.1 Å². The third kappa shape index (κ3) is 9.16. The van der Waals surface area contributed by atoms with Crippen LogP contribution in [0.2, 0.25) is 10.0 Å². The van der Waals surface area contributed by atoms with Gasteiger partial charge < -0.3 is 15.4 Å². The standard InChI is InChI=1S/C21H26Cl2N2O2.ClH/c1-21(2,3)25-20(26)14-27-18-8-4-15(5-9-18)13-24-11-10-16-6-7-17(22)12-19(16)23;/h4-9,12,24H,10-11,13-14H2,1-3H3,(H,25,26);1H. The molecule has 0 bridgehead atoms. The molecule has 0 saturated heterocycles. The average Bonchev–Trinajstić information content (AvgIpc) is 2.58. The molecule has 2 rings (SSSR count). The molecule has 7 heteroatoms. The van der Waals surface area contributed by atoms with Gasteiger partial charge in [-0.25, -0.2) is 0 Å². The normalized spacial score (nSPS) is 10.9. The van der Waals surface area contributed by atoms with Crippen LogP contribution in [-0.4, -0.2) is 24.6 Å². The van der Waals surface area contributed by atoms with Gasteiger partial charge >= 0.3 is 0 Å². The van der Waals surface area contributed by atoms with Crippen molar-refractivity contribution >= 4 is 41.5 Å². The van der Waals surface area contributed by atoms with Crippen LogP contribution in [0.3, 0.4) is 0 Å². The molecule has 28 heavy (non-hydrogen) atoms. The maximum Gasteiger partial charge on any atom is 0.258 e. The Labute approximate surface area is 183 Å². The first-order valence-electron chi connectivity index (χ1n) is 8.90. The van der Waals surface area contributed by atoms with Crippen molar-refractivity contribution in [3.8, 4) is 5.75 Å². The van der Waals surface area contributed by atoms with Gasteiger partial charge in [-0.15, -0.1) is 12.4 Å². The number of carbonyl (C=O) groups excluding carboxylic acids is 1. The lowest BCUT2D eigenvalue weighted by Crippen LogP contribution is -2.43. The van der Waals surface area contributed by atoms with Crippen LogP contribution in [0.1, 0.15) is 31.9 Å². The maximum absolute atomic E-state index is 11.8. The molecule has 2 aromatic carbocycles. The molecule has 0 saturated carbocycles. The third-order valence-corrected chi connectivity index (χ3v) is 4.31. The van der Waals surface area contributed by atoms with Crippen molar-refractivity contribution in [2.24, 2.45) is 0 Å². The van der Waals surface area contributed by atoms with E-state index in [1.807, 2.05) is 57.2 Å². The summed E-state index contributed by atoms with van der Waals surface area (Å²) in [6, 6.07) is 13.3. The van der Waals surface area contributed by atoms with Crippen LogP contribution in [0.25, 0.3) is 0 Å². The topological polar surface area (TPSA) is 50.4 Å². The molecule has 0 aromatic heterocycles. The van der Waals surface area contributed by atoms with Gasteiger partial charge in [-0.3, -0.25) is 4.79 Å². The lowest BCUT2D eigenvalue weighted by molar-refractivity contribution is -0.124. The minimum atomic E-state index is -0.258. The highest BCUT2D eigenvalue weighted by molar-refractivity contribution is 6.35. The van der Waals surface area contributed by atoms with Gasteiger partial charge in [0.1, 0.15) is 5.75 Å². The number of ether oxygens (including phenoxy) is 1. The number of halogens is 3. The molecule has 2 N–H and O–H groups in total. The zero-order chi connectivity index (χ0) is 19.9. The number of hydrogen-bond donors (Lipinski definition) is 2. The van der Waals surface area contributed by atoms with Crippen molar-refractivity contribution < 1.29 is 9.53 Å². The van der Waals surface area contributed by atoms with Crippen molar-refractivity contribution in [3.63, 3.8) is 0 Å². The molecule has 0 atom stereocenters. The number of hydrogen-bond acceptors (Lipinski definition) is 3. The summed E-state index contributed by atoms with van der Waals surface area (Å²) in [5, 5.41) is 7.60. The first-order valence-corrected chi connectivity index (χ1v) is 9.66. The molecular formula is C21H27Cl3N2O2. The summed E-state index contributed by atoms with van der Waals surface area (Å²) < 4.78 is 5.52. The van der Waals surface area contributed by atoms with E-state index >= 15 is 0 Å². The van der Waals surface area contributed by atoms with Crippen molar-refractivity contribution in [2.45, 2.75) is 39.3 Å². The van der Waals surface area contributed by atoms with Gasteiger partial charge in [0.2, 0.25) is 0 Å². The number of benzene rings is 2. The Morgan fingerprint density at radius 3 is 2.36 bits per heavy atom. The molecule has 0 spiro atoms. The van der Waals surface area contributed by atoms with Gasteiger partial charge in [0, 0.05) is 22.1 Å². The Bertz CT molecular complexity index is 759. The molecule has 0 aliphatic heterocycles. The molecule has 2 aromatic rings. The van der Waals surface area contributed by atoms with Crippen LogP contribution in [0.5, 0.6) is 5.75 Å². The smallest absolute Gasteiger partial charge is 0.258 e. The van der Waals surface area contributed by atoms with Crippen LogP contribution in [0.4, 0.5) is 0 Å². The summed E-state index contributed by atoms with van der Waals surface area (Å²) in [5.74, 6) is 0.546. The highest BCUT2D eigenvalue weighted by Gasteiger charge is 2.13. The first-order chi connectivity index (χ1) is 12.7. The Hall–Kier alpha value is -1.46. The van der Waals surface area contributed by atoms with Crippen LogP contribution in [0.15, 0.2) is 42.5 Å². The summed E-state index contributed by atoms with van der Waals surface area (Å²) in [7, 11) is 0. The van der Waals surface area contributed by atoms with Gasteiger partial charge in [0.05, 0.1) is 0 Å². The molecule has 154 valence electrons. The maximum atomic E-state index is 11.8. The first kappa shape index (κ1) is 24.6. The van der Waals surface area contributed by atoms with Crippen LogP contribution in [0, 0.1) is 0 Å². The monoisotopic (exact) mass is 444 g/mol. The molecule has 0 aliphatic carbocycles.